The van der Waals surface area contributed by atoms with Crippen LogP contribution in [0, 0.1) is 0 Å². The van der Waals surface area contributed by atoms with Gasteiger partial charge in [0.2, 0.25) is 0 Å². The van der Waals surface area contributed by atoms with Crippen molar-refractivity contribution >= 4 is 76.2 Å². The molecule has 528 valence electrons. The zero-order chi connectivity index (χ0) is 72.7. The summed E-state index contributed by atoms with van der Waals surface area (Å²) in [6.07, 6.45) is -15.4. The van der Waals surface area contributed by atoms with Crippen molar-refractivity contribution in [2.24, 2.45) is 0 Å². The SMILES string of the molecule is CC(C)(C)OC(=O)N1CC[C@@H](Oc2c(N)cc(C(F)(F)F)cc2N)C1.CC(C)(C)OC(=O)N1CC[C@@H](Oc2c(N)cc(C(F)(F)F)cc2NC(=O)c2cc(C(=O)Nc3cc(C(F)(F)F)cc(N)c3O[C@@H]3CCN(C(=O)OC(C)(C)C)C3)ncn2)C1.O=C(O)c1cc(C(=O)O)ncn1. The summed E-state index contributed by atoms with van der Waals surface area (Å²) >= 11 is 0. The molecule has 0 aliphatic carbocycles. The summed E-state index contributed by atoms with van der Waals surface area (Å²) < 4.78 is 155. The number of hydrogen-bond donors (Lipinski definition) is 8. The van der Waals surface area contributed by atoms with Crippen LogP contribution in [0.3, 0.4) is 0 Å². The molecule has 28 nitrogen and oxygen atoms in total. The number of carbonyl (C=O) groups is 7. The first-order valence-electron chi connectivity index (χ1n) is 29.1. The number of benzene rings is 3. The zero-order valence-electron chi connectivity index (χ0n) is 53.4. The topological polar surface area (TPSA) is 405 Å². The fourth-order valence-electron chi connectivity index (χ4n) is 9.07. The van der Waals surface area contributed by atoms with E-state index >= 15 is 0 Å². The molecule has 3 aliphatic heterocycles. The van der Waals surface area contributed by atoms with E-state index in [1.165, 1.54) is 14.7 Å². The summed E-state index contributed by atoms with van der Waals surface area (Å²) in [5.41, 5.74) is 13.6. The van der Waals surface area contributed by atoms with Crippen LogP contribution in [0.4, 0.5) is 88.0 Å². The normalized spacial score (nSPS) is 16.6. The molecule has 12 N–H and O–H groups in total. The van der Waals surface area contributed by atoms with Crippen molar-refractivity contribution in [3.05, 3.63) is 101 Å². The van der Waals surface area contributed by atoms with Crippen molar-refractivity contribution in [1.82, 2.24) is 34.6 Å². The Labute approximate surface area is 547 Å². The lowest BCUT2D eigenvalue weighted by molar-refractivity contribution is -0.138. The van der Waals surface area contributed by atoms with Crippen LogP contribution >= 0.6 is 0 Å². The van der Waals surface area contributed by atoms with Gasteiger partial charge in [-0.25, -0.2) is 43.9 Å². The quantitative estimate of drug-likeness (QED) is 0.0327. The maximum absolute atomic E-state index is 13.9. The van der Waals surface area contributed by atoms with E-state index in [4.69, 9.17) is 61.6 Å². The molecule has 0 bridgehead atoms. The third kappa shape index (κ3) is 21.8. The lowest BCUT2D eigenvalue weighted by atomic mass is 10.1. The number of likely N-dealkylation sites (tertiary alicyclic amines) is 3. The molecule has 5 aromatic rings. The summed E-state index contributed by atoms with van der Waals surface area (Å²) in [5.74, 6) is -5.54. The van der Waals surface area contributed by atoms with Crippen molar-refractivity contribution in [3.8, 4) is 17.2 Å². The Morgan fingerprint density at radius 1 is 0.423 bits per heavy atom. The van der Waals surface area contributed by atoms with E-state index in [-0.39, 0.29) is 85.6 Å². The fourth-order valence-corrected chi connectivity index (χ4v) is 9.07. The van der Waals surface area contributed by atoms with E-state index in [2.05, 4.69) is 30.6 Å². The van der Waals surface area contributed by atoms with Gasteiger partial charge in [-0.3, -0.25) is 9.59 Å². The number of aromatic nitrogens is 4. The summed E-state index contributed by atoms with van der Waals surface area (Å²) in [6, 6.07) is 5.68. The number of hydrogen-bond acceptors (Lipinski definition) is 21. The number of ether oxygens (including phenoxy) is 6. The number of halogens is 9. The molecule has 2 aromatic heterocycles. The molecule has 5 heterocycles. The van der Waals surface area contributed by atoms with Gasteiger partial charge in [0.15, 0.2) is 28.6 Å². The summed E-state index contributed by atoms with van der Waals surface area (Å²) in [7, 11) is 0. The molecule has 97 heavy (non-hydrogen) atoms. The first-order valence-corrected chi connectivity index (χ1v) is 29.1. The summed E-state index contributed by atoms with van der Waals surface area (Å²) in [4.78, 5) is 103. The molecular weight excluding hydrogens is 1310 g/mol. The third-order valence-electron chi connectivity index (χ3n) is 13.3. The Hall–Kier alpha value is -10.5. The van der Waals surface area contributed by atoms with Gasteiger partial charge in [-0.2, -0.15) is 39.5 Å². The lowest BCUT2D eigenvalue weighted by Gasteiger charge is -2.25. The van der Waals surface area contributed by atoms with Crippen molar-refractivity contribution in [2.45, 2.75) is 135 Å². The Balaban J connectivity index is 0.000000325. The number of amides is 5. The van der Waals surface area contributed by atoms with Crippen LogP contribution < -0.4 is 47.8 Å². The number of anilines is 6. The highest BCUT2D eigenvalue weighted by Crippen LogP contribution is 2.44. The third-order valence-corrected chi connectivity index (χ3v) is 13.3. The molecule has 3 atom stereocenters. The van der Waals surface area contributed by atoms with Crippen molar-refractivity contribution < 1.29 is 112 Å². The van der Waals surface area contributed by atoms with Gasteiger partial charge in [-0.05, 0) is 98.7 Å². The Bertz CT molecular complexity index is 3570. The molecule has 3 aromatic carbocycles. The van der Waals surface area contributed by atoms with Crippen LogP contribution in [-0.2, 0) is 32.7 Å². The maximum Gasteiger partial charge on any atom is 0.416 e. The average Bonchev–Trinajstić information content (AvgIpc) is 1.43. The van der Waals surface area contributed by atoms with Crippen molar-refractivity contribution in [1.29, 1.82) is 0 Å². The highest BCUT2D eigenvalue weighted by Gasteiger charge is 2.39. The van der Waals surface area contributed by atoms with Gasteiger partial charge in [0.25, 0.3) is 11.8 Å². The summed E-state index contributed by atoms with van der Waals surface area (Å²) in [6.45, 7) is 16.4. The highest BCUT2D eigenvalue weighted by molar-refractivity contribution is 6.08. The van der Waals surface area contributed by atoms with Gasteiger partial charge in [0.05, 0.1) is 70.4 Å². The van der Waals surface area contributed by atoms with Crippen LogP contribution in [0.5, 0.6) is 17.2 Å². The van der Waals surface area contributed by atoms with Gasteiger partial charge in [0.1, 0.15) is 59.2 Å². The van der Waals surface area contributed by atoms with E-state index < -0.39 is 147 Å². The Morgan fingerprint density at radius 3 is 0.959 bits per heavy atom. The number of nitrogens with zero attached hydrogens (tertiary/aromatic N) is 7. The van der Waals surface area contributed by atoms with E-state index in [1.54, 1.807) is 62.3 Å². The molecule has 37 heteroatoms. The molecular formula is C60H70F9N13O15. The lowest BCUT2D eigenvalue weighted by Crippen LogP contribution is -2.36. The molecule has 0 unspecified atom stereocenters. The fraction of sp³-hybridized carbons (Fsp3) is 0.450. The van der Waals surface area contributed by atoms with Crippen LogP contribution in [0.1, 0.15) is 140 Å². The van der Waals surface area contributed by atoms with Crippen LogP contribution in [0.2, 0.25) is 0 Å². The standard InChI is InChI=1S/C38H44F6N8O8.C16H22F3N3O3.C6H4N2O4/c1-35(2,3)59-33(55)51-9-7-21(16-51)57-29-23(45)11-19(37(39,40)41)13-25(29)49-31(53)27-15-28(48-18-47-27)32(54)50-26-14-20(38(42,43)44)12-24(46)30(26)58-22-8-10-52(17-22)34(56)60-36(4,5)6;1-15(2,3)25-14(23)22-5-4-10(8-22)24-13-11(20)6-9(7-12(13)21)16(17,18)19;9-5(10)3-1-4(6(11)12)8-2-7-3/h11-15,18,21-22H,7-10,16-17,45-46H2,1-6H3,(H,49,53)(H,50,54);6-7,10H,4-5,8,20-21H2,1-3H3;1-2H,(H,9,10)(H,11,12)/t21-,22-;10-;/m11./s1. The molecule has 3 saturated heterocycles. The second-order valence-corrected chi connectivity index (χ2v) is 24.8. The summed E-state index contributed by atoms with van der Waals surface area (Å²) in [5, 5.41) is 21.4. The first kappa shape index (κ1) is 75.5. The highest BCUT2D eigenvalue weighted by atomic mass is 19.4. The van der Waals surface area contributed by atoms with E-state index in [0.717, 1.165) is 36.9 Å². The van der Waals surface area contributed by atoms with Crippen molar-refractivity contribution in [3.63, 3.8) is 0 Å². The number of carboxylic acids is 2. The first-order chi connectivity index (χ1) is 44.6. The largest absolute Gasteiger partial charge is 0.484 e. The second-order valence-electron chi connectivity index (χ2n) is 24.8. The Morgan fingerprint density at radius 2 is 0.680 bits per heavy atom. The minimum absolute atomic E-state index is 0.00374. The molecule has 0 radical (unpaired) electrons. The molecule has 0 spiro atoms. The number of rotatable bonds is 12. The average molecular weight is 1380 g/mol. The number of alkyl halides is 9. The Kier molecular flexibility index (Phi) is 23.1. The van der Waals surface area contributed by atoms with E-state index in [0.29, 0.717) is 37.2 Å². The molecule has 0 saturated carbocycles. The van der Waals surface area contributed by atoms with E-state index in [9.17, 15) is 73.1 Å². The molecule has 8 rings (SSSR count). The van der Waals surface area contributed by atoms with Gasteiger partial charge in [-0.15, -0.1) is 0 Å². The zero-order valence-corrected chi connectivity index (χ0v) is 53.4. The number of carboxylic acid groups (broad SMARTS) is 2. The maximum atomic E-state index is 13.9. The predicted octanol–water partition coefficient (Wildman–Crippen LogP) is 10.1. The molecule has 5 amide bonds. The van der Waals surface area contributed by atoms with Gasteiger partial charge in [0, 0.05) is 51.0 Å². The molecule has 3 aliphatic rings. The van der Waals surface area contributed by atoms with Crippen molar-refractivity contribution in [2.75, 3.05) is 72.8 Å². The number of nitrogen functional groups attached to an aromatic ring is 4. The van der Waals surface area contributed by atoms with E-state index in [1.807, 2.05) is 0 Å². The van der Waals surface area contributed by atoms with Gasteiger partial charge < -0.3 is 86.9 Å². The van der Waals surface area contributed by atoms with Crippen LogP contribution in [0.15, 0.2) is 61.2 Å². The monoisotopic (exact) mass is 1380 g/mol. The van der Waals surface area contributed by atoms with Gasteiger partial charge in [-0.1, -0.05) is 0 Å². The van der Waals surface area contributed by atoms with Gasteiger partial charge >= 0.3 is 48.7 Å². The molecule has 3 fully saturated rings. The predicted molar refractivity (Wildman–Crippen MR) is 326 cm³/mol. The number of carbonyl (C=O) groups excluding carboxylic acids is 5. The minimum Gasteiger partial charge on any atom is -0.484 e. The number of aromatic carboxylic acids is 2. The smallest absolute Gasteiger partial charge is 0.416 e. The minimum atomic E-state index is -4.90. The van der Waals surface area contributed by atoms with Crippen LogP contribution in [0.25, 0.3) is 0 Å². The number of nitrogens with two attached hydrogens (primary N) is 4. The van der Waals surface area contributed by atoms with Crippen LogP contribution in [-0.4, -0.2) is 161 Å². The second kappa shape index (κ2) is 29.6. The number of nitrogens with one attached hydrogen (secondary N) is 2.